The van der Waals surface area contributed by atoms with E-state index in [-0.39, 0.29) is 17.0 Å². The van der Waals surface area contributed by atoms with Crippen LogP contribution in [0.5, 0.6) is 0 Å². The highest BCUT2D eigenvalue weighted by atomic mass is 32.2. The third-order valence-corrected chi connectivity index (χ3v) is 3.34. The molecule has 8 heteroatoms. The number of hydrogen-bond acceptors (Lipinski definition) is 5. The summed E-state index contributed by atoms with van der Waals surface area (Å²) in [6, 6.07) is 5.62. The second-order valence-corrected chi connectivity index (χ2v) is 4.92. The van der Waals surface area contributed by atoms with E-state index in [9.17, 15) is 9.18 Å². The summed E-state index contributed by atoms with van der Waals surface area (Å²) in [6.07, 6.45) is 0. The molecule has 104 valence electrons. The Morgan fingerprint density at radius 1 is 1.55 bits per heavy atom. The zero-order chi connectivity index (χ0) is 14.7. The Kier molecular flexibility index (Phi) is 4.04. The maximum absolute atomic E-state index is 13.8. The first kappa shape index (κ1) is 14.1. The molecular weight excluding hydrogens is 283 g/mol. The summed E-state index contributed by atoms with van der Waals surface area (Å²) in [5, 5.41) is 11.8. The lowest BCUT2D eigenvalue weighted by molar-refractivity contribution is 0.318. The quantitative estimate of drug-likeness (QED) is 0.261. The van der Waals surface area contributed by atoms with Crippen molar-refractivity contribution in [2.75, 3.05) is 0 Å². The van der Waals surface area contributed by atoms with E-state index in [0.717, 1.165) is 11.8 Å². The van der Waals surface area contributed by atoms with Gasteiger partial charge in [0, 0.05) is 16.7 Å². The predicted molar refractivity (Wildman–Crippen MR) is 72.6 cm³/mol. The molecule has 0 saturated heterocycles. The first-order chi connectivity index (χ1) is 9.51. The summed E-state index contributed by atoms with van der Waals surface area (Å²) in [5.74, 6) is -0.971. The fourth-order valence-corrected chi connectivity index (χ4v) is 2.59. The van der Waals surface area contributed by atoms with E-state index in [4.69, 9.17) is 10.9 Å². The van der Waals surface area contributed by atoms with Crippen molar-refractivity contribution in [3.63, 3.8) is 0 Å². The van der Waals surface area contributed by atoms with Gasteiger partial charge in [0.05, 0.1) is 5.56 Å². The molecule has 0 radical (unpaired) electrons. The third kappa shape index (κ3) is 2.97. The fourth-order valence-electron chi connectivity index (χ4n) is 1.59. The van der Waals surface area contributed by atoms with Gasteiger partial charge in [0.2, 0.25) is 0 Å². The first-order valence-corrected chi connectivity index (χ1v) is 6.35. The van der Waals surface area contributed by atoms with E-state index in [1.54, 1.807) is 13.0 Å². The zero-order valence-electron chi connectivity index (χ0n) is 10.4. The first-order valence-electron chi connectivity index (χ1n) is 5.53. The average molecular weight is 294 g/mol. The van der Waals surface area contributed by atoms with E-state index >= 15 is 0 Å². The van der Waals surface area contributed by atoms with Gasteiger partial charge in [0.25, 0.3) is 5.56 Å². The van der Waals surface area contributed by atoms with E-state index in [1.165, 1.54) is 18.2 Å². The van der Waals surface area contributed by atoms with Crippen molar-refractivity contribution in [2.45, 2.75) is 17.0 Å². The van der Waals surface area contributed by atoms with Crippen LogP contribution in [-0.2, 0) is 0 Å². The lowest BCUT2D eigenvalue weighted by Crippen LogP contribution is -2.16. The van der Waals surface area contributed by atoms with E-state index < -0.39 is 5.82 Å². The number of aryl methyl sites for hydroxylation is 1. The normalized spacial score (nSPS) is 11.6. The number of H-pyrrole nitrogens is 1. The van der Waals surface area contributed by atoms with Crippen LogP contribution >= 0.6 is 11.8 Å². The largest absolute Gasteiger partial charge is 0.409 e. The van der Waals surface area contributed by atoms with Crippen molar-refractivity contribution in [3.05, 3.63) is 51.7 Å². The Balaban J connectivity index is 2.48. The van der Waals surface area contributed by atoms with Gasteiger partial charge in [0.15, 0.2) is 11.0 Å². The number of nitrogens with one attached hydrogen (secondary N) is 1. The van der Waals surface area contributed by atoms with Gasteiger partial charge in [-0.1, -0.05) is 23.0 Å². The Hall–Kier alpha value is -2.35. The molecule has 0 fully saturated rings. The zero-order valence-corrected chi connectivity index (χ0v) is 11.2. The number of nitrogens with two attached hydrogens (primary N) is 1. The molecule has 0 bridgehead atoms. The van der Waals surface area contributed by atoms with Gasteiger partial charge in [0.1, 0.15) is 5.82 Å². The van der Waals surface area contributed by atoms with Gasteiger partial charge in [-0.2, -0.15) is 0 Å². The minimum absolute atomic E-state index is 0.0378. The van der Waals surface area contributed by atoms with E-state index in [1.807, 2.05) is 0 Å². The summed E-state index contributed by atoms with van der Waals surface area (Å²) in [6.45, 7) is 1.68. The predicted octanol–water partition coefficient (Wildman–Crippen LogP) is 1.46. The molecular formula is C12H11FN4O2S. The summed E-state index contributed by atoms with van der Waals surface area (Å²) < 4.78 is 13.8. The van der Waals surface area contributed by atoms with Crippen LogP contribution in [-0.4, -0.2) is 21.0 Å². The number of halogens is 1. The van der Waals surface area contributed by atoms with E-state index in [0.29, 0.717) is 15.7 Å². The van der Waals surface area contributed by atoms with E-state index in [2.05, 4.69) is 15.1 Å². The van der Waals surface area contributed by atoms with Gasteiger partial charge in [-0.15, -0.1) is 0 Å². The highest BCUT2D eigenvalue weighted by Crippen LogP contribution is 2.29. The summed E-state index contributed by atoms with van der Waals surface area (Å²) in [7, 11) is 0. The fraction of sp³-hybridized carbons (Fsp3) is 0.0833. The molecule has 2 rings (SSSR count). The molecule has 2 aromatic rings. The third-order valence-electron chi connectivity index (χ3n) is 2.39. The number of aromatic nitrogens is 2. The van der Waals surface area contributed by atoms with Crippen LogP contribution in [0.4, 0.5) is 4.39 Å². The van der Waals surface area contributed by atoms with Gasteiger partial charge < -0.3 is 15.9 Å². The van der Waals surface area contributed by atoms with Crippen LogP contribution in [0.2, 0.25) is 0 Å². The van der Waals surface area contributed by atoms with Crippen LogP contribution in [0.1, 0.15) is 11.3 Å². The maximum atomic E-state index is 13.8. The molecule has 0 spiro atoms. The number of nitrogens with zero attached hydrogens (tertiary/aromatic N) is 2. The van der Waals surface area contributed by atoms with Crippen molar-refractivity contribution in [2.24, 2.45) is 10.9 Å². The average Bonchev–Trinajstić information content (AvgIpc) is 2.37. The standard InChI is InChI=1S/C12H11FN4O2S/c1-6-5-9(18)16-12(15-6)20-8-4-2-3-7(13)10(8)11(14)17-19/h2-5,19H,1H3,(H2,14,17)(H,15,16,18). The number of aromatic amines is 1. The number of rotatable bonds is 3. The molecule has 0 amide bonds. The molecule has 1 aromatic carbocycles. The monoisotopic (exact) mass is 294 g/mol. The smallest absolute Gasteiger partial charge is 0.251 e. The Morgan fingerprint density at radius 2 is 2.30 bits per heavy atom. The summed E-state index contributed by atoms with van der Waals surface area (Å²) >= 11 is 1.02. The van der Waals surface area contributed by atoms with Crippen LogP contribution in [0, 0.1) is 12.7 Å². The molecule has 4 N–H and O–H groups in total. The van der Waals surface area contributed by atoms with Crippen LogP contribution in [0.3, 0.4) is 0 Å². The molecule has 0 unspecified atom stereocenters. The number of hydrogen-bond donors (Lipinski definition) is 3. The van der Waals surface area contributed by atoms with Crippen molar-refractivity contribution < 1.29 is 9.60 Å². The molecule has 0 atom stereocenters. The van der Waals surface area contributed by atoms with Gasteiger partial charge >= 0.3 is 0 Å². The van der Waals surface area contributed by atoms with Crippen LogP contribution in [0.25, 0.3) is 0 Å². The maximum Gasteiger partial charge on any atom is 0.251 e. The molecule has 1 heterocycles. The van der Waals surface area contributed by atoms with Gasteiger partial charge in [-0.05, 0) is 19.1 Å². The van der Waals surface area contributed by atoms with Crippen molar-refractivity contribution in [3.8, 4) is 0 Å². The molecule has 6 nitrogen and oxygen atoms in total. The topological polar surface area (TPSA) is 104 Å². The highest BCUT2D eigenvalue weighted by Gasteiger charge is 2.15. The molecule has 0 aliphatic carbocycles. The van der Waals surface area contributed by atoms with Gasteiger partial charge in [-0.25, -0.2) is 9.37 Å². The SMILES string of the molecule is Cc1cc(=O)[nH]c(Sc2cccc(F)c2C(N)=NO)n1. The van der Waals surface area contributed by atoms with Crippen LogP contribution in [0.15, 0.2) is 44.3 Å². The lowest BCUT2D eigenvalue weighted by atomic mass is 10.2. The van der Waals surface area contributed by atoms with Crippen LogP contribution < -0.4 is 11.3 Å². The highest BCUT2D eigenvalue weighted by molar-refractivity contribution is 7.99. The molecule has 1 aromatic heterocycles. The molecule has 0 aliphatic rings. The van der Waals surface area contributed by atoms with Crippen molar-refractivity contribution in [1.29, 1.82) is 0 Å². The summed E-state index contributed by atoms with van der Waals surface area (Å²) in [4.78, 5) is 18.4. The van der Waals surface area contributed by atoms with Crippen molar-refractivity contribution >= 4 is 17.6 Å². The van der Waals surface area contributed by atoms with Gasteiger partial charge in [-0.3, -0.25) is 4.79 Å². The number of benzene rings is 1. The summed E-state index contributed by atoms with van der Waals surface area (Å²) in [5.41, 5.74) is 5.66. The number of oxime groups is 1. The number of amidine groups is 1. The molecule has 20 heavy (non-hydrogen) atoms. The molecule has 0 saturated carbocycles. The molecule has 0 aliphatic heterocycles. The Morgan fingerprint density at radius 3 is 2.95 bits per heavy atom. The minimum atomic E-state index is -0.625. The van der Waals surface area contributed by atoms with Crippen molar-refractivity contribution in [1.82, 2.24) is 9.97 Å². The second kappa shape index (κ2) is 5.74. The second-order valence-electron chi connectivity index (χ2n) is 3.89. The minimum Gasteiger partial charge on any atom is -0.409 e. The Bertz CT molecular complexity index is 730. The Labute approximate surface area is 117 Å². The lowest BCUT2D eigenvalue weighted by Gasteiger charge is -2.08.